The van der Waals surface area contributed by atoms with Gasteiger partial charge >= 0.3 is 5.97 Å². The Morgan fingerprint density at radius 1 is 1.67 bits per heavy atom. The molecule has 1 N–H and O–H groups in total. The molecular formula is C10H19NO4. The molecule has 5 nitrogen and oxygen atoms in total. The highest BCUT2D eigenvalue weighted by Gasteiger charge is 2.18. The molecule has 0 aromatic rings. The van der Waals surface area contributed by atoms with Crippen LogP contribution < -0.4 is 5.32 Å². The summed E-state index contributed by atoms with van der Waals surface area (Å²) >= 11 is 0. The second kappa shape index (κ2) is 6.76. The van der Waals surface area contributed by atoms with E-state index in [0.29, 0.717) is 26.2 Å². The molecule has 0 radical (unpaired) electrons. The molecule has 1 aliphatic rings. The standard InChI is InChI=1S/C10H19NO4/c1-8(6-13-2)15-10(12)5-9-7-14-4-3-11-9/h8-9,11H,3-7H2,1-2H3. The number of carbonyl (C=O) groups is 1. The fourth-order valence-corrected chi connectivity index (χ4v) is 1.49. The SMILES string of the molecule is COCC(C)OC(=O)CC1COCCN1. The van der Waals surface area contributed by atoms with Crippen LogP contribution in [0.4, 0.5) is 0 Å². The third kappa shape index (κ3) is 5.11. The largest absolute Gasteiger partial charge is 0.460 e. The molecule has 0 bridgehead atoms. The Kier molecular flexibility index (Phi) is 5.60. The van der Waals surface area contributed by atoms with Crippen molar-refractivity contribution in [2.75, 3.05) is 33.5 Å². The fraction of sp³-hybridized carbons (Fsp3) is 0.900. The maximum atomic E-state index is 11.4. The molecule has 15 heavy (non-hydrogen) atoms. The number of nitrogens with one attached hydrogen (secondary N) is 1. The zero-order valence-electron chi connectivity index (χ0n) is 9.32. The average molecular weight is 217 g/mol. The van der Waals surface area contributed by atoms with Crippen LogP contribution in [0.15, 0.2) is 0 Å². The van der Waals surface area contributed by atoms with Crippen LogP contribution in [0.1, 0.15) is 13.3 Å². The summed E-state index contributed by atoms with van der Waals surface area (Å²) < 4.78 is 15.3. The summed E-state index contributed by atoms with van der Waals surface area (Å²) in [5, 5.41) is 3.20. The summed E-state index contributed by atoms with van der Waals surface area (Å²) in [6, 6.07) is 0.0843. The van der Waals surface area contributed by atoms with Crippen LogP contribution in [0, 0.1) is 0 Å². The van der Waals surface area contributed by atoms with E-state index in [9.17, 15) is 4.79 Å². The van der Waals surface area contributed by atoms with Crippen LogP contribution in [-0.4, -0.2) is 51.6 Å². The summed E-state index contributed by atoms with van der Waals surface area (Å²) in [5.41, 5.74) is 0. The van der Waals surface area contributed by atoms with Crippen molar-refractivity contribution >= 4 is 5.97 Å². The van der Waals surface area contributed by atoms with Crippen molar-refractivity contribution in [3.8, 4) is 0 Å². The highest BCUT2D eigenvalue weighted by Crippen LogP contribution is 2.02. The Morgan fingerprint density at radius 2 is 2.47 bits per heavy atom. The summed E-state index contributed by atoms with van der Waals surface area (Å²) in [6.07, 6.45) is 0.167. The summed E-state index contributed by atoms with van der Waals surface area (Å²) in [7, 11) is 1.58. The van der Waals surface area contributed by atoms with E-state index < -0.39 is 0 Å². The normalized spacial score (nSPS) is 23.5. The first-order valence-electron chi connectivity index (χ1n) is 5.22. The topological polar surface area (TPSA) is 56.8 Å². The van der Waals surface area contributed by atoms with E-state index in [4.69, 9.17) is 14.2 Å². The van der Waals surface area contributed by atoms with Crippen molar-refractivity contribution in [3.05, 3.63) is 0 Å². The number of hydrogen-bond donors (Lipinski definition) is 1. The molecule has 0 amide bonds. The van der Waals surface area contributed by atoms with E-state index in [0.717, 1.165) is 6.54 Å². The van der Waals surface area contributed by atoms with Gasteiger partial charge in [-0.3, -0.25) is 4.79 Å². The van der Waals surface area contributed by atoms with Gasteiger partial charge in [-0.1, -0.05) is 0 Å². The van der Waals surface area contributed by atoms with Crippen LogP contribution in [0.2, 0.25) is 0 Å². The van der Waals surface area contributed by atoms with E-state index in [-0.39, 0.29) is 18.1 Å². The molecule has 1 fully saturated rings. The lowest BCUT2D eigenvalue weighted by Gasteiger charge is -2.23. The Morgan fingerprint density at radius 3 is 3.07 bits per heavy atom. The van der Waals surface area contributed by atoms with Gasteiger partial charge in [-0.15, -0.1) is 0 Å². The predicted molar refractivity (Wildman–Crippen MR) is 54.7 cm³/mol. The van der Waals surface area contributed by atoms with Crippen molar-refractivity contribution in [1.82, 2.24) is 5.32 Å². The third-order valence-electron chi connectivity index (χ3n) is 2.15. The molecule has 0 spiro atoms. The number of morpholine rings is 1. The van der Waals surface area contributed by atoms with Crippen molar-refractivity contribution < 1.29 is 19.0 Å². The minimum Gasteiger partial charge on any atom is -0.460 e. The van der Waals surface area contributed by atoms with Gasteiger partial charge in [0.1, 0.15) is 6.10 Å². The molecule has 0 aromatic heterocycles. The fourth-order valence-electron chi connectivity index (χ4n) is 1.49. The van der Waals surface area contributed by atoms with Gasteiger partial charge in [0.25, 0.3) is 0 Å². The monoisotopic (exact) mass is 217 g/mol. The van der Waals surface area contributed by atoms with Crippen LogP contribution in [-0.2, 0) is 19.0 Å². The molecule has 88 valence electrons. The summed E-state index contributed by atoms with van der Waals surface area (Å²) in [6.45, 7) is 4.33. The van der Waals surface area contributed by atoms with Crippen molar-refractivity contribution in [2.24, 2.45) is 0 Å². The molecule has 1 saturated heterocycles. The predicted octanol–water partition coefficient (Wildman–Crippen LogP) is -0.0570. The summed E-state index contributed by atoms with van der Waals surface area (Å²) in [4.78, 5) is 11.4. The Hall–Kier alpha value is -0.650. The van der Waals surface area contributed by atoms with E-state index in [1.54, 1.807) is 7.11 Å². The number of hydrogen-bond acceptors (Lipinski definition) is 5. The Labute approximate surface area is 90.1 Å². The first-order chi connectivity index (χ1) is 7.22. The average Bonchev–Trinajstić information content (AvgIpc) is 2.19. The first kappa shape index (κ1) is 12.4. The molecule has 2 atom stereocenters. The summed E-state index contributed by atoms with van der Waals surface area (Å²) in [5.74, 6) is -0.206. The highest BCUT2D eigenvalue weighted by molar-refractivity contribution is 5.70. The Balaban J connectivity index is 2.16. The maximum Gasteiger partial charge on any atom is 0.307 e. The second-order valence-corrected chi connectivity index (χ2v) is 3.69. The number of ether oxygens (including phenoxy) is 3. The second-order valence-electron chi connectivity index (χ2n) is 3.69. The van der Waals surface area contributed by atoms with E-state index in [2.05, 4.69) is 5.32 Å². The van der Waals surface area contributed by atoms with Crippen LogP contribution in [0.5, 0.6) is 0 Å². The van der Waals surface area contributed by atoms with Crippen LogP contribution >= 0.6 is 0 Å². The molecule has 5 heteroatoms. The molecule has 1 rings (SSSR count). The minimum atomic E-state index is -0.206. The maximum absolute atomic E-state index is 11.4. The van der Waals surface area contributed by atoms with Gasteiger partial charge in [0.15, 0.2) is 0 Å². The molecule has 2 unspecified atom stereocenters. The third-order valence-corrected chi connectivity index (χ3v) is 2.15. The number of esters is 1. The lowest BCUT2D eigenvalue weighted by Crippen LogP contribution is -2.43. The van der Waals surface area contributed by atoms with Gasteiger partial charge in [0, 0.05) is 19.7 Å². The van der Waals surface area contributed by atoms with Gasteiger partial charge in [-0.2, -0.15) is 0 Å². The van der Waals surface area contributed by atoms with Gasteiger partial charge in [-0.25, -0.2) is 0 Å². The minimum absolute atomic E-state index is 0.0843. The van der Waals surface area contributed by atoms with E-state index >= 15 is 0 Å². The van der Waals surface area contributed by atoms with Crippen molar-refractivity contribution in [1.29, 1.82) is 0 Å². The van der Waals surface area contributed by atoms with Gasteiger partial charge in [0.2, 0.25) is 0 Å². The number of rotatable bonds is 5. The zero-order chi connectivity index (χ0) is 11.1. The van der Waals surface area contributed by atoms with Gasteiger partial charge in [0.05, 0.1) is 26.2 Å². The first-order valence-corrected chi connectivity index (χ1v) is 5.22. The molecule has 0 aliphatic carbocycles. The van der Waals surface area contributed by atoms with Gasteiger partial charge in [-0.05, 0) is 6.92 Å². The molecule has 1 heterocycles. The Bertz CT molecular complexity index is 192. The van der Waals surface area contributed by atoms with E-state index in [1.165, 1.54) is 0 Å². The quantitative estimate of drug-likeness (QED) is 0.654. The molecule has 0 aromatic carbocycles. The number of methoxy groups -OCH3 is 1. The zero-order valence-corrected chi connectivity index (χ0v) is 9.32. The number of carbonyl (C=O) groups excluding carboxylic acids is 1. The van der Waals surface area contributed by atoms with Crippen LogP contribution in [0.3, 0.4) is 0 Å². The van der Waals surface area contributed by atoms with Crippen molar-refractivity contribution in [2.45, 2.75) is 25.5 Å². The van der Waals surface area contributed by atoms with E-state index in [1.807, 2.05) is 6.92 Å². The smallest absolute Gasteiger partial charge is 0.307 e. The van der Waals surface area contributed by atoms with Crippen molar-refractivity contribution in [3.63, 3.8) is 0 Å². The molecule has 0 saturated carbocycles. The van der Waals surface area contributed by atoms with Gasteiger partial charge < -0.3 is 19.5 Å². The van der Waals surface area contributed by atoms with Crippen LogP contribution in [0.25, 0.3) is 0 Å². The molecular weight excluding hydrogens is 198 g/mol. The lowest BCUT2D eigenvalue weighted by atomic mass is 10.2. The highest BCUT2D eigenvalue weighted by atomic mass is 16.6. The molecule has 1 aliphatic heterocycles. The lowest BCUT2D eigenvalue weighted by molar-refractivity contribution is -0.151.